The number of anilines is 1. The molecule has 2 heterocycles. The number of aromatic nitrogens is 1. The monoisotopic (exact) mass is 511 g/mol. The number of nitrogens with one attached hydrogen (secondary N) is 1. The van der Waals surface area contributed by atoms with Crippen LogP contribution in [0.3, 0.4) is 0 Å². The van der Waals surface area contributed by atoms with E-state index in [1.54, 1.807) is 18.2 Å². The fourth-order valence-electron chi connectivity index (χ4n) is 4.92. The number of carbonyl (C=O) groups excluding carboxylic acids is 2. The third-order valence-corrected chi connectivity index (χ3v) is 7.94. The van der Waals surface area contributed by atoms with Crippen molar-refractivity contribution in [3.05, 3.63) is 86.6 Å². The Morgan fingerprint density at radius 1 is 1.14 bits per heavy atom. The molecule has 1 amide bonds. The molecule has 1 aliphatic rings. The average molecular weight is 512 g/mol. The number of hydrogen-bond acceptors (Lipinski definition) is 6. The van der Waals surface area contributed by atoms with Gasteiger partial charge in [-0.3, -0.25) is 9.59 Å². The number of fused-ring (bicyclic) bond motifs is 2. The highest BCUT2D eigenvalue weighted by Crippen LogP contribution is 2.39. The van der Waals surface area contributed by atoms with Crippen LogP contribution < -0.4 is 10.9 Å². The van der Waals surface area contributed by atoms with Crippen LogP contribution in [-0.4, -0.2) is 23.1 Å². The van der Waals surface area contributed by atoms with Crippen LogP contribution in [0.25, 0.3) is 21.9 Å². The van der Waals surface area contributed by atoms with E-state index in [-0.39, 0.29) is 11.3 Å². The van der Waals surface area contributed by atoms with Crippen LogP contribution in [0.2, 0.25) is 0 Å². The lowest BCUT2D eigenvalue weighted by atomic mass is 9.89. The van der Waals surface area contributed by atoms with Crippen molar-refractivity contribution in [3.63, 3.8) is 0 Å². The molecule has 1 atom stereocenters. The summed E-state index contributed by atoms with van der Waals surface area (Å²) in [5, 5.41) is 14.0. The minimum atomic E-state index is -0.779. The van der Waals surface area contributed by atoms with Crippen molar-refractivity contribution >= 4 is 39.0 Å². The molecule has 1 unspecified atom stereocenters. The van der Waals surface area contributed by atoms with Gasteiger partial charge in [0.25, 0.3) is 11.5 Å². The standard InChI is InChI=1S/C29H25N3O4S/c1-17-12-13-19-22(15-30)27(37-23(19)14-17)31-24(33)16-36-29(35)26-25(18-8-4-3-5-9-18)20-10-6-7-11-21(20)28(34)32(26)2/h3-11,17H,12-14,16H2,1-2H3,(H,31,33). The number of nitriles is 1. The van der Waals surface area contributed by atoms with Gasteiger partial charge in [-0.1, -0.05) is 55.5 Å². The molecule has 2 aromatic carbocycles. The van der Waals surface area contributed by atoms with Gasteiger partial charge < -0.3 is 14.6 Å². The van der Waals surface area contributed by atoms with E-state index in [4.69, 9.17) is 4.74 Å². The molecular weight excluding hydrogens is 486 g/mol. The van der Waals surface area contributed by atoms with Crippen LogP contribution in [0.1, 0.15) is 39.8 Å². The number of thiophene rings is 1. The fraction of sp³-hybridized carbons (Fsp3) is 0.241. The van der Waals surface area contributed by atoms with E-state index in [2.05, 4.69) is 18.3 Å². The van der Waals surface area contributed by atoms with Gasteiger partial charge in [-0.15, -0.1) is 11.3 Å². The largest absolute Gasteiger partial charge is 0.451 e. The van der Waals surface area contributed by atoms with Crippen LogP contribution >= 0.6 is 11.3 Å². The summed E-state index contributed by atoms with van der Waals surface area (Å²) in [4.78, 5) is 40.3. The maximum absolute atomic E-state index is 13.3. The van der Waals surface area contributed by atoms with Crippen LogP contribution in [-0.2, 0) is 29.4 Å². The fourth-order valence-corrected chi connectivity index (χ4v) is 6.30. The Hall–Kier alpha value is -4.22. The van der Waals surface area contributed by atoms with Crippen molar-refractivity contribution < 1.29 is 14.3 Å². The summed E-state index contributed by atoms with van der Waals surface area (Å²) >= 11 is 1.41. The summed E-state index contributed by atoms with van der Waals surface area (Å²) in [6.45, 7) is 1.63. The van der Waals surface area contributed by atoms with Crippen molar-refractivity contribution in [2.75, 3.05) is 11.9 Å². The van der Waals surface area contributed by atoms with Crippen molar-refractivity contribution in [3.8, 4) is 17.2 Å². The van der Waals surface area contributed by atoms with Gasteiger partial charge in [-0.05, 0) is 47.8 Å². The number of carbonyl (C=O) groups is 2. The summed E-state index contributed by atoms with van der Waals surface area (Å²) in [6, 6.07) is 18.6. The normalized spacial score (nSPS) is 14.6. The zero-order valence-corrected chi connectivity index (χ0v) is 21.4. The van der Waals surface area contributed by atoms with Crippen molar-refractivity contribution in [1.82, 2.24) is 4.57 Å². The molecule has 0 bridgehead atoms. The average Bonchev–Trinajstić information content (AvgIpc) is 3.25. The first-order valence-electron chi connectivity index (χ1n) is 12.1. The Kier molecular flexibility index (Phi) is 6.64. The third-order valence-electron chi connectivity index (χ3n) is 6.77. The lowest BCUT2D eigenvalue weighted by Gasteiger charge is -2.17. The molecular formula is C29H25N3O4S. The van der Waals surface area contributed by atoms with E-state index in [1.807, 2.05) is 36.4 Å². The van der Waals surface area contributed by atoms with E-state index < -0.39 is 18.5 Å². The first-order valence-corrected chi connectivity index (χ1v) is 12.9. The summed E-state index contributed by atoms with van der Waals surface area (Å²) < 4.78 is 6.68. The molecule has 0 aliphatic heterocycles. The zero-order valence-electron chi connectivity index (χ0n) is 20.5. The summed E-state index contributed by atoms with van der Waals surface area (Å²) in [6.07, 6.45) is 2.72. The molecule has 7 nitrogen and oxygen atoms in total. The highest BCUT2D eigenvalue weighted by molar-refractivity contribution is 7.16. The molecule has 186 valence electrons. The van der Waals surface area contributed by atoms with Gasteiger partial charge in [0.15, 0.2) is 6.61 Å². The van der Waals surface area contributed by atoms with Crippen LogP contribution in [0.4, 0.5) is 5.00 Å². The van der Waals surface area contributed by atoms with E-state index in [0.717, 1.165) is 35.3 Å². The summed E-state index contributed by atoms with van der Waals surface area (Å²) in [7, 11) is 1.52. The Morgan fingerprint density at radius 2 is 1.84 bits per heavy atom. The minimum Gasteiger partial charge on any atom is -0.451 e. The van der Waals surface area contributed by atoms with Gasteiger partial charge in [0, 0.05) is 22.9 Å². The highest BCUT2D eigenvalue weighted by atomic mass is 32.1. The molecule has 1 N–H and O–H groups in total. The summed E-state index contributed by atoms with van der Waals surface area (Å²) in [5.41, 5.74) is 2.56. The van der Waals surface area contributed by atoms with Gasteiger partial charge >= 0.3 is 5.97 Å². The molecule has 0 radical (unpaired) electrons. The lowest BCUT2D eigenvalue weighted by molar-refractivity contribution is -0.119. The highest BCUT2D eigenvalue weighted by Gasteiger charge is 2.26. The molecule has 1 aliphatic carbocycles. The van der Waals surface area contributed by atoms with Crippen molar-refractivity contribution in [2.45, 2.75) is 26.2 Å². The van der Waals surface area contributed by atoms with Crippen LogP contribution in [0.5, 0.6) is 0 Å². The Labute approximate surface area is 217 Å². The van der Waals surface area contributed by atoms with Gasteiger partial charge in [0.2, 0.25) is 0 Å². The van der Waals surface area contributed by atoms with Crippen molar-refractivity contribution in [2.24, 2.45) is 13.0 Å². The minimum absolute atomic E-state index is 0.0704. The molecule has 37 heavy (non-hydrogen) atoms. The first kappa shape index (κ1) is 24.5. The Morgan fingerprint density at radius 3 is 2.57 bits per heavy atom. The van der Waals surface area contributed by atoms with E-state index in [0.29, 0.717) is 32.8 Å². The predicted molar refractivity (Wildman–Crippen MR) is 144 cm³/mol. The molecule has 0 saturated carbocycles. The molecule has 4 aromatic rings. The quantitative estimate of drug-likeness (QED) is 0.378. The van der Waals surface area contributed by atoms with Gasteiger partial charge in [0.05, 0.1) is 5.56 Å². The van der Waals surface area contributed by atoms with Gasteiger partial charge in [-0.25, -0.2) is 4.79 Å². The maximum Gasteiger partial charge on any atom is 0.356 e. The zero-order chi connectivity index (χ0) is 26.1. The SMILES string of the molecule is CC1CCc2c(sc(NC(=O)COC(=O)c3c(-c4ccccc4)c4ccccc4c(=O)n3C)c2C#N)C1. The second-order valence-electron chi connectivity index (χ2n) is 9.29. The Bertz CT molecular complexity index is 1630. The van der Waals surface area contributed by atoms with E-state index >= 15 is 0 Å². The topological polar surface area (TPSA) is 101 Å². The van der Waals surface area contributed by atoms with E-state index in [9.17, 15) is 19.6 Å². The molecule has 5 rings (SSSR count). The number of esters is 1. The molecule has 8 heteroatoms. The third kappa shape index (κ3) is 4.54. The number of ether oxygens (including phenoxy) is 1. The number of amides is 1. The van der Waals surface area contributed by atoms with Crippen LogP contribution in [0, 0.1) is 17.2 Å². The number of pyridine rings is 1. The molecule has 2 aromatic heterocycles. The number of hydrogen-bond donors (Lipinski definition) is 1. The van der Waals surface area contributed by atoms with Gasteiger partial charge in [-0.2, -0.15) is 5.26 Å². The summed E-state index contributed by atoms with van der Waals surface area (Å²) in [5.74, 6) is -0.780. The molecule has 0 spiro atoms. The van der Waals surface area contributed by atoms with Crippen LogP contribution in [0.15, 0.2) is 59.4 Å². The lowest BCUT2D eigenvalue weighted by Crippen LogP contribution is -2.28. The Balaban J connectivity index is 1.43. The molecule has 0 fully saturated rings. The van der Waals surface area contributed by atoms with E-state index in [1.165, 1.54) is 23.0 Å². The smallest absolute Gasteiger partial charge is 0.356 e. The second-order valence-corrected chi connectivity index (χ2v) is 10.4. The first-order chi connectivity index (χ1) is 17.9. The maximum atomic E-state index is 13.3. The number of rotatable bonds is 5. The number of nitrogens with zero attached hydrogens (tertiary/aromatic N) is 2. The van der Waals surface area contributed by atoms with Gasteiger partial charge in [0.1, 0.15) is 16.8 Å². The predicted octanol–water partition coefficient (Wildman–Crippen LogP) is 5.06. The second kappa shape index (κ2) is 10.0. The molecule has 0 saturated heterocycles. The number of benzene rings is 2. The van der Waals surface area contributed by atoms with Crippen molar-refractivity contribution in [1.29, 1.82) is 5.26 Å².